The summed E-state index contributed by atoms with van der Waals surface area (Å²) in [6.07, 6.45) is -9.26. The monoisotopic (exact) mass is 461 g/mol. The van der Waals surface area contributed by atoms with Gasteiger partial charge >= 0.3 is 6.18 Å². The van der Waals surface area contributed by atoms with E-state index in [0.29, 0.717) is 5.56 Å². The molecule has 0 radical (unpaired) electrons. The molecule has 3 rings (SSSR count). The Kier molecular flexibility index (Phi) is 6.34. The van der Waals surface area contributed by atoms with Crippen LogP contribution >= 0.6 is 0 Å². The van der Waals surface area contributed by atoms with Gasteiger partial charge in [0.2, 0.25) is 0 Å². The molecule has 0 aliphatic heterocycles. The molecule has 1 heterocycles. The molecule has 0 bridgehead atoms. The number of benzene rings is 2. The van der Waals surface area contributed by atoms with Crippen LogP contribution in [0.5, 0.6) is 0 Å². The number of nitrogens with one attached hydrogen (secondary N) is 1. The molecule has 0 fully saturated rings. The van der Waals surface area contributed by atoms with Gasteiger partial charge < -0.3 is 10.1 Å². The number of alkyl halides is 6. The molecule has 2 atom stereocenters. The van der Waals surface area contributed by atoms with E-state index in [1.807, 2.05) is 0 Å². The van der Waals surface area contributed by atoms with Crippen molar-refractivity contribution < 1.29 is 35.8 Å². The molecule has 0 saturated heterocycles. The van der Waals surface area contributed by atoms with Crippen LogP contribution in [0.15, 0.2) is 42.5 Å². The van der Waals surface area contributed by atoms with Crippen LogP contribution in [-0.4, -0.2) is 28.8 Å². The number of hydrogen-bond acceptors (Lipinski definition) is 1. The topological polar surface area (TPSA) is 36.0 Å². The lowest BCUT2D eigenvalue weighted by molar-refractivity contribution is -0.137. The van der Waals surface area contributed by atoms with Crippen molar-refractivity contribution >= 4 is 10.9 Å². The maximum atomic E-state index is 14.1. The third kappa shape index (κ3) is 4.77. The molecule has 0 amide bonds. The number of aromatic nitrogens is 1. The number of rotatable bonds is 7. The van der Waals surface area contributed by atoms with E-state index >= 15 is 0 Å². The van der Waals surface area contributed by atoms with Crippen LogP contribution in [0.25, 0.3) is 10.9 Å². The largest absolute Gasteiger partial charge is 0.416 e. The van der Waals surface area contributed by atoms with E-state index in [9.17, 15) is 35.8 Å². The van der Waals surface area contributed by atoms with Crippen LogP contribution in [0.4, 0.5) is 30.7 Å². The molecule has 3 aromatic rings. The minimum atomic E-state index is -4.57. The number of aromatic amines is 1. The predicted octanol–water partition coefficient (Wildman–Crippen LogP) is 6.49. The summed E-state index contributed by atoms with van der Waals surface area (Å²) in [5.74, 6) is -0.665. The van der Waals surface area contributed by atoms with Crippen LogP contribution in [0, 0.1) is 12.7 Å². The first-order chi connectivity index (χ1) is 14.8. The predicted molar refractivity (Wildman–Crippen MR) is 107 cm³/mol. The minimum Gasteiger partial charge on any atom is -0.383 e. The van der Waals surface area contributed by atoms with Crippen molar-refractivity contribution in [2.45, 2.75) is 50.3 Å². The highest BCUT2D eigenvalue weighted by Crippen LogP contribution is 2.40. The Balaban J connectivity index is 1.96. The zero-order valence-corrected chi connectivity index (χ0v) is 17.3. The first-order valence-electron chi connectivity index (χ1n) is 9.79. The van der Waals surface area contributed by atoms with Crippen LogP contribution in [-0.2, 0) is 18.0 Å². The summed E-state index contributed by atoms with van der Waals surface area (Å²) in [6.45, 7) is 1.77. The summed E-state index contributed by atoms with van der Waals surface area (Å²) >= 11 is 0. The van der Waals surface area contributed by atoms with Crippen LogP contribution in [0.1, 0.15) is 35.7 Å². The van der Waals surface area contributed by atoms with Gasteiger partial charge in [-0.1, -0.05) is 13.0 Å². The summed E-state index contributed by atoms with van der Waals surface area (Å²) in [5, 5.41) is 11.0. The molecule has 9 heteroatoms. The first-order valence-corrected chi connectivity index (χ1v) is 9.79. The lowest BCUT2D eigenvalue weighted by Gasteiger charge is -2.37. The average molecular weight is 461 g/mol. The third-order valence-corrected chi connectivity index (χ3v) is 5.75. The van der Waals surface area contributed by atoms with Crippen molar-refractivity contribution in [1.82, 2.24) is 4.98 Å². The van der Waals surface area contributed by atoms with Gasteiger partial charge in [0.1, 0.15) is 11.4 Å². The third-order valence-electron chi connectivity index (χ3n) is 5.75. The molecule has 2 N–H and O–H groups in total. The highest BCUT2D eigenvalue weighted by molar-refractivity contribution is 5.81. The van der Waals surface area contributed by atoms with Crippen molar-refractivity contribution in [3.8, 4) is 0 Å². The molecule has 2 unspecified atom stereocenters. The lowest BCUT2D eigenvalue weighted by Crippen LogP contribution is -2.46. The number of aliphatic hydroxyl groups is 1. The van der Waals surface area contributed by atoms with Crippen LogP contribution in [0.2, 0.25) is 0 Å². The van der Waals surface area contributed by atoms with Crippen molar-refractivity contribution in [3.63, 3.8) is 0 Å². The molecule has 1 aromatic heterocycles. The van der Waals surface area contributed by atoms with Gasteiger partial charge in [-0.25, -0.2) is 13.2 Å². The van der Waals surface area contributed by atoms with E-state index in [1.165, 1.54) is 25.1 Å². The summed E-state index contributed by atoms with van der Waals surface area (Å²) in [6, 6.07) is 7.77. The van der Waals surface area contributed by atoms with Crippen molar-refractivity contribution in [2.24, 2.45) is 0 Å². The normalized spacial score (nSPS) is 16.3. The molecule has 2 nitrogen and oxygen atoms in total. The highest BCUT2D eigenvalue weighted by Gasteiger charge is 2.46. The first kappa shape index (κ1) is 24.1. The number of fused-ring (bicyclic) bond motifs is 1. The fourth-order valence-electron chi connectivity index (χ4n) is 4.15. The standard InChI is InChI=1S/C23H22F7NO/c1-13-3-5-16(25)9-18(13)21(2,12-24)11-22(32,20(26)27)10-17-8-14-7-15(23(28,29)30)4-6-19(14)31-17/h3-9,20,31-32H,10-12H2,1-2H3. The second-order valence-corrected chi connectivity index (χ2v) is 8.51. The van der Waals surface area contributed by atoms with Crippen molar-refractivity contribution in [3.05, 3.63) is 70.7 Å². The molecule has 0 aliphatic rings. The molecule has 32 heavy (non-hydrogen) atoms. The Labute approximate surface area is 180 Å². The van der Waals surface area contributed by atoms with Gasteiger partial charge in [-0.2, -0.15) is 13.2 Å². The number of hydrogen-bond donors (Lipinski definition) is 2. The number of H-pyrrole nitrogens is 1. The molecular weight excluding hydrogens is 439 g/mol. The van der Waals surface area contributed by atoms with Crippen molar-refractivity contribution in [1.29, 1.82) is 0 Å². The van der Waals surface area contributed by atoms with Gasteiger partial charge in [0, 0.05) is 28.4 Å². The molecule has 0 saturated carbocycles. The lowest BCUT2D eigenvalue weighted by atomic mass is 9.72. The smallest absolute Gasteiger partial charge is 0.383 e. The van der Waals surface area contributed by atoms with Gasteiger partial charge in [-0.05, 0) is 60.9 Å². The van der Waals surface area contributed by atoms with E-state index in [4.69, 9.17) is 0 Å². The molecule has 0 aliphatic carbocycles. The summed E-state index contributed by atoms with van der Waals surface area (Å²) in [5.41, 5.74) is -4.25. The Bertz CT molecular complexity index is 1110. The SMILES string of the molecule is Cc1ccc(F)cc1C(C)(CF)CC(O)(Cc1cc2cc(C(F)(F)F)ccc2[nH]1)C(F)F. The Morgan fingerprint density at radius 3 is 2.31 bits per heavy atom. The summed E-state index contributed by atoms with van der Waals surface area (Å²) in [4.78, 5) is 2.73. The second-order valence-electron chi connectivity index (χ2n) is 8.51. The summed E-state index contributed by atoms with van der Waals surface area (Å²) in [7, 11) is 0. The fraction of sp³-hybridized carbons (Fsp3) is 0.391. The Morgan fingerprint density at radius 2 is 1.72 bits per heavy atom. The van der Waals surface area contributed by atoms with Gasteiger partial charge in [0.25, 0.3) is 6.43 Å². The quantitative estimate of drug-likeness (QED) is 0.388. The molecular formula is C23H22F7NO. The van der Waals surface area contributed by atoms with E-state index < -0.39 is 54.5 Å². The zero-order valence-electron chi connectivity index (χ0n) is 17.3. The second kappa shape index (κ2) is 8.42. The van der Waals surface area contributed by atoms with E-state index in [1.54, 1.807) is 6.92 Å². The molecule has 0 spiro atoms. The number of halogens is 7. The van der Waals surface area contributed by atoms with Crippen molar-refractivity contribution in [2.75, 3.05) is 6.67 Å². The van der Waals surface area contributed by atoms with Gasteiger partial charge in [-0.15, -0.1) is 0 Å². The average Bonchev–Trinajstić information content (AvgIpc) is 3.09. The van der Waals surface area contributed by atoms with Gasteiger partial charge in [0.15, 0.2) is 0 Å². The minimum absolute atomic E-state index is 0.0688. The van der Waals surface area contributed by atoms with Crippen LogP contribution < -0.4 is 0 Å². The maximum Gasteiger partial charge on any atom is 0.416 e. The van der Waals surface area contributed by atoms with Gasteiger partial charge in [-0.3, -0.25) is 4.39 Å². The Morgan fingerprint density at radius 1 is 1.03 bits per heavy atom. The summed E-state index contributed by atoms with van der Waals surface area (Å²) < 4.78 is 94.7. The zero-order chi connectivity index (χ0) is 23.9. The van der Waals surface area contributed by atoms with Gasteiger partial charge in [0.05, 0.1) is 12.2 Å². The van der Waals surface area contributed by atoms with E-state index in [2.05, 4.69) is 4.98 Å². The Hall–Kier alpha value is -2.55. The number of aryl methyl sites for hydroxylation is 1. The van der Waals surface area contributed by atoms with Crippen LogP contribution in [0.3, 0.4) is 0 Å². The molecule has 174 valence electrons. The fourth-order valence-corrected chi connectivity index (χ4v) is 4.15. The van der Waals surface area contributed by atoms with E-state index in [0.717, 1.165) is 24.3 Å². The maximum absolute atomic E-state index is 14.1. The molecule has 2 aromatic carbocycles. The van der Waals surface area contributed by atoms with E-state index in [-0.39, 0.29) is 22.2 Å². The highest BCUT2D eigenvalue weighted by atomic mass is 19.4.